The number of rotatable bonds is 4. The molecule has 1 aromatic heterocycles. The molecule has 6 nitrogen and oxygen atoms in total. The first-order valence-electron chi connectivity index (χ1n) is 7.26. The second kappa shape index (κ2) is 6.23. The number of amides is 1. The van der Waals surface area contributed by atoms with Crippen molar-refractivity contribution < 1.29 is 9.18 Å². The molecule has 1 fully saturated rings. The van der Waals surface area contributed by atoms with Crippen molar-refractivity contribution in [2.24, 2.45) is 0 Å². The van der Waals surface area contributed by atoms with Crippen LogP contribution in [0.4, 0.5) is 4.39 Å². The second-order valence-corrected chi connectivity index (χ2v) is 5.49. The van der Waals surface area contributed by atoms with E-state index in [0.717, 1.165) is 25.1 Å². The molecular formula is C15H18FN5O. The first kappa shape index (κ1) is 14.6. The van der Waals surface area contributed by atoms with Gasteiger partial charge in [0.1, 0.15) is 5.82 Å². The van der Waals surface area contributed by atoms with Crippen LogP contribution in [0.15, 0.2) is 30.5 Å². The maximum atomic E-state index is 13.2. The number of carbonyl (C=O) groups excluding carboxylic acids is 1. The summed E-state index contributed by atoms with van der Waals surface area (Å²) in [7, 11) is 1.78. The largest absolute Gasteiger partial charge is 0.336 e. The smallest absolute Gasteiger partial charge is 0.276 e. The molecule has 0 radical (unpaired) electrons. The lowest BCUT2D eigenvalue weighted by Gasteiger charge is -2.22. The standard InChI is InChI=1S/C15H18FN5O/c1-20(13-5-6-17-8-13)15(22)14-10-21(19-18-14)9-11-3-2-4-12(16)7-11/h2-4,7,10,13,17H,5-6,8-9H2,1H3. The summed E-state index contributed by atoms with van der Waals surface area (Å²) in [5.74, 6) is -0.429. The van der Waals surface area contributed by atoms with Crippen molar-refractivity contribution in [2.75, 3.05) is 20.1 Å². The normalized spacial score (nSPS) is 17.6. The SMILES string of the molecule is CN(C(=O)c1cn(Cc2cccc(F)c2)nn1)C1CCNC1. The predicted molar refractivity (Wildman–Crippen MR) is 78.9 cm³/mol. The summed E-state index contributed by atoms with van der Waals surface area (Å²) in [6.45, 7) is 2.11. The predicted octanol–water partition coefficient (Wildman–Crippen LogP) is 0.899. The number of benzene rings is 1. The third kappa shape index (κ3) is 3.14. The van der Waals surface area contributed by atoms with E-state index in [1.54, 1.807) is 28.9 Å². The van der Waals surface area contributed by atoms with Crippen molar-refractivity contribution in [1.82, 2.24) is 25.2 Å². The van der Waals surface area contributed by atoms with Crippen LogP contribution in [0.1, 0.15) is 22.5 Å². The lowest BCUT2D eigenvalue weighted by molar-refractivity contribution is 0.0737. The van der Waals surface area contributed by atoms with Gasteiger partial charge in [0, 0.05) is 19.6 Å². The minimum absolute atomic E-state index is 0.140. The Morgan fingerprint density at radius 1 is 1.55 bits per heavy atom. The van der Waals surface area contributed by atoms with Crippen molar-refractivity contribution in [3.63, 3.8) is 0 Å². The summed E-state index contributed by atoms with van der Waals surface area (Å²) in [5.41, 5.74) is 1.09. The highest BCUT2D eigenvalue weighted by atomic mass is 19.1. The number of likely N-dealkylation sites (N-methyl/N-ethyl adjacent to an activating group) is 1. The van der Waals surface area contributed by atoms with E-state index in [-0.39, 0.29) is 17.8 Å². The van der Waals surface area contributed by atoms with Crippen molar-refractivity contribution in [3.05, 3.63) is 47.5 Å². The summed E-state index contributed by atoms with van der Waals surface area (Å²) in [4.78, 5) is 14.1. The summed E-state index contributed by atoms with van der Waals surface area (Å²) in [6, 6.07) is 6.49. The van der Waals surface area contributed by atoms with Gasteiger partial charge in [-0.2, -0.15) is 0 Å². The molecule has 3 rings (SSSR count). The number of nitrogens with zero attached hydrogens (tertiary/aromatic N) is 4. The van der Waals surface area contributed by atoms with E-state index in [1.165, 1.54) is 12.1 Å². The van der Waals surface area contributed by atoms with Gasteiger partial charge >= 0.3 is 0 Å². The molecule has 1 N–H and O–H groups in total. The topological polar surface area (TPSA) is 63.1 Å². The van der Waals surface area contributed by atoms with E-state index in [0.29, 0.717) is 12.2 Å². The fourth-order valence-electron chi connectivity index (χ4n) is 2.61. The Morgan fingerprint density at radius 3 is 3.14 bits per heavy atom. The number of carbonyl (C=O) groups is 1. The maximum Gasteiger partial charge on any atom is 0.276 e. The Bertz CT molecular complexity index is 665. The fraction of sp³-hybridized carbons (Fsp3) is 0.400. The monoisotopic (exact) mass is 303 g/mol. The van der Waals surface area contributed by atoms with Crippen LogP contribution in [0.3, 0.4) is 0 Å². The van der Waals surface area contributed by atoms with Crippen LogP contribution in [0.5, 0.6) is 0 Å². The molecule has 1 saturated heterocycles. The zero-order valence-corrected chi connectivity index (χ0v) is 12.4. The number of hydrogen-bond acceptors (Lipinski definition) is 4. The average molecular weight is 303 g/mol. The van der Waals surface area contributed by atoms with Crippen molar-refractivity contribution in [2.45, 2.75) is 19.0 Å². The van der Waals surface area contributed by atoms with Crippen LogP contribution in [-0.2, 0) is 6.54 Å². The molecule has 1 unspecified atom stereocenters. The Morgan fingerprint density at radius 2 is 2.41 bits per heavy atom. The van der Waals surface area contributed by atoms with Gasteiger partial charge in [0.2, 0.25) is 0 Å². The molecule has 22 heavy (non-hydrogen) atoms. The fourth-order valence-corrected chi connectivity index (χ4v) is 2.61. The summed E-state index contributed by atoms with van der Waals surface area (Å²) in [5, 5.41) is 11.1. The maximum absolute atomic E-state index is 13.2. The Labute approximate surface area is 127 Å². The minimum atomic E-state index is -0.289. The van der Waals surface area contributed by atoms with E-state index < -0.39 is 0 Å². The van der Waals surface area contributed by atoms with Crippen molar-refractivity contribution in [1.29, 1.82) is 0 Å². The lowest BCUT2D eigenvalue weighted by Crippen LogP contribution is -2.38. The van der Waals surface area contributed by atoms with Gasteiger partial charge in [-0.1, -0.05) is 17.3 Å². The van der Waals surface area contributed by atoms with Crippen LogP contribution >= 0.6 is 0 Å². The van der Waals surface area contributed by atoms with Gasteiger partial charge in [0.25, 0.3) is 5.91 Å². The Hall–Kier alpha value is -2.28. The molecule has 0 saturated carbocycles. The van der Waals surface area contributed by atoms with E-state index in [2.05, 4.69) is 15.6 Å². The lowest BCUT2D eigenvalue weighted by atomic mass is 10.2. The quantitative estimate of drug-likeness (QED) is 0.911. The summed E-state index contributed by atoms with van der Waals surface area (Å²) < 4.78 is 14.7. The van der Waals surface area contributed by atoms with E-state index >= 15 is 0 Å². The first-order valence-corrected chi connectivity index (χ1v) is 7.26. The average Bonchev–Trinajstić information content (AvgIpc) is 3.17. The van der Waals surface area contributed by atoms with E-state index in [9.17, 15) is 9.18 Å². The zero-order valence-electron chi connectivity index (χ0n) is 12.4. The number of nitrogens with one attached hydrogen (secondary N) is 1. The van der Waals surface area contributed by atoms with Crippen LogP contribution in [-0.4, -0.2) is 52.0 Å². The molecule has 0 spiro atoms. The first-order chi connectivity index (χ1) is 10.6. The molecule has 7 heteroatoms. The molecule has 1 atom stereocenters. The number of halogens is 1. The van der Waals surface area contributed by atoms with Gasteiger partial charge in [-0.05, 0) is 30.7 Å². The van der Waals surface area contributed by atoms with Crippen molar-refractivity contribution >= 4 is 5.91 Å². The van der Waals surface area contributed by atoms with Crippen LogP contribution in [0, 0.1) is 5.82 Å². The molecule has 2 heterocycles. The third-order valence-corrected chi connectivity index (χ3v) is 3.89. The molecule has 0 aliphatic carbocycles. The van der Waals surface area contributed by atoms with Gasteiger partial charge < -0.3 is 10.2 Å². The molecule has 1 aromatic carbocycles. The Kier molecular flexibility index (Phi) is 4.15. The van der Waals surface area contributed by atoms with Crippen LogP contribution in [0.2, 0.25) is 0 Å². The highest BCUT2D eigenvalue weighted by Gasteiger charge is 2.25. The highest BCUT2D eigenvalue weighted by molar-refractivity contribution is 5.92. The Balaban J connectivity index is 1.69. The van der Waals surface area contributed by atoms with Gasteiger partial charge in [0.05, 0.1) is 12.7 Å². The number of hydrogen-bond donors (Lipinski definition) is 1. The number of aromatic nitrogens is 3. The van der Waals surface area contributed by atoms with E-state index in [1.807, 2.05) is 6.07 Å². The van der Waals surface area contributed by atoms with Gasteiger partial charge in [0.15, 0.2) is 5.69 Å². The minimum Gasteiger partial charge on any atom is -0.336 e. The van der Waals surface area contributed by atoms with Gasteiger partial charge in [-0.3, -0.25) is 4.79 Å². The molecule has 116 valence electrons. The summed E-state index contributed by atoms with van der Waals surface area (Å²) in [6.07, 6.45) is 2.55. The molecule has 0 bridgehead atoms. The molecule has 1 aliphatic heterocycles. The van der Waals surface area contributed by atoms with Crippen LogP contribution < -0.4 is 5.32 Å². The third-order valence-electron chi connectivity index (χ3n) is 3.89. The highest BCUT2D eigenvalue weighted by Crippen LogP contribution is 2.11. The van der Waals surface area contributed by atoms with Gasteiger partial charge in [-0.15, -0.1) is 5.10 Å². The molecule has 1 aliphatic rings. The second-order valence-electron chi connectivity index (χ2n) is 5.49. The summed E-state index contributed by atoms with van der Waals surface area (Å²) >= 11 is 0. The molecular weight excluding hydrogens is 285 g/mol. The van der Waals surface area contributed by atoms with Gasteiger partial charge in [-0.25, -0.2) is 9.07 Å². The van der Waals surface area contributed by atoms with Crippen LogP contribution in [0.25, 0.3) is 0 Å². The molecule has 2 aromatic rings. The zero-order chi connectivity index (χ0) is 15.5. The van der Waals surface area contributed by atoms with E-state index in [4.69, 9.17) is 0 Å². The van der Waals surface area contributed by atoms with Crippen molar-refractivity contribution in [3.8, 4) is 0 Å². The molecule has 1 amide bonds.